The number of benzene rings is 2. The normalized spacial score (nSPS) is 13.4. The molecule has 0 radical (unpaired) electrons. The van der Waals surface area contributed by atoms with Crippen molar-refractivity contribution in [2.24, 2.45) is 0 Å². The lowest BCUT2D eigenvalue weighted by molar-refractivity contribution is -0.141. The third-order valence-corrected chi connectivity index (χ3v) is 5.66. The average molecular weight is 461 g/mol. The Morgan fingerprint density at radius 2 is 1.59 bits per heavy atom. The van der Waals surface area contributed by atoms with E-state index in [1.165, 1.54) is 4.90 Å². The van der Waals surface area contributed by atoms with E-state index in [0.717, 1.165) is 34.0 Å². The molecular weight excluding hydrogens is 432 g/mol. The number of rotatable bonds is 9. The van der Waals surface area contributed by atoms with Gasteiger partial charge >= 0.3 is 0 Å². The minimum Gasteiger partial charge on any atom is -0.497 e. The number of hydrogen-bond acceptors (Lipinski definition) is 6. The third-order valence-electron chi connectivity index (χ3n) is 5.66. The Labute approximate surface area is 199 Å². The molecule has 1 saturated heterocycles. The maximum absolute atomic E-state index is 12.2. The van der Waals surface area contributed by atoms with E-state index in [1.807, 2.05) is 48.5 Å². The van der Waals surface area contributed by atoms with Crippen LogP contribution in [-0.2, 0) is 29.2 Å². The largest absolute Gasteiger partial charge is 0.497 e. The number of piperazine rings is 1. The minimum absolute atomic E-state index is 0.0241. The highest BCUT2D eigenvalue weighted by Gasteiger charge is 2.23. The maximum Gasteiger partial charge on any atom is 0.242 e. The second-order valence-corrected chi connectivity index (χ2v) is 8.09. The van der Waals surface area contributed by atoms with Gasteiger partial charge in [-0.3, -0.25) is 14.6 Å². The van der Waals surface area contributed by atoms with Crippen molar-refractivity contribution in [1.29, 1.82) is 0 Å². The summed E-state index contributed by atoms with van der Waals surface area (Å²) < 4.78 is 10.8. The fourth-order valence-corrected chi connectivity index (χ4v) is 3.91. The van der Waals surface area contributed by atoms with Crippen molar-refractivity contribution in [3.63, 3.8) is 0 Å². The lowest BCUT2D eigenvalue weighted by Crippen LogP contribution is -2.51. The highest BCUT2D eigenvalue weighted by Crippen LogP contribution is 2.24. The summed E-state index contributed by atoms with van der Waals surface area (Å²) in [6, 6.07) is 19.9. The summed E-state index contributed by atoms with van der Waals surface area (Å²) >= 11 is 0. The van der Waals surface area contributed by atoms with Gasteiger partial charge in [0, 0.05) is 25.0 Å². The van der Waals surface area contributed by atoms with E-state index >= 15 is 0 Å². The highest BCUT2D eigenvalue weighted by molar-refractivity contribution is 5.92. The number of anilines is 1. The fourth-order valence-electron chi connectivity index (χ4n) is 3.91. The van der Waals surface area contributed by atoms with E-state index in [-0.39, 0.29) is 31.4 Å². The van der Waals surface area contributed by atoms with Crippen LogP contribution in [0.15, 0.2) is 66.9 Å². The van der Waals surface area contributed by atoms with Crippen LogP contribution in [-0.4, -0.2) is 49.0 Å². The topological polar surface area (TPSA) is 84.0 Å². The molecule has 1 fully saturated rings. The van der Waals surface area contributed by atoms with Crippen LogP contribution in [0.5, 0.6) is 11.5 Å². The molecular formula is C26H28N4O4. The van der Waals surface area contributed by atoms with Crippen LogP contribution in [0.25, 0.3) is 0 Å². The Bertz CT molecular complexity index is 1120. The molecule has 8 heteroatoms. The van der Waals surface area contributed by atoms with Crippen LogP contribution in [0.4, 0.5) is 5.69 Å². The van der Waals surface area contributed by atoms with Gasteiger partial charge < -0.3 is 24.6 Å². The molecule has 0 unspecified atom stereocenters. The third kappa shape index (κ3) is 5.83. The smallest absolute Gasteiger partial charge is 0.242 e. The maximum atomic E-state index is 12.2. The van der Waals surface area contributed by atoms with Crippen LogP contribution in [0.2, 0.25) is 0 Å². The number of carbonyl (C=O) groups excluding carboxylic acids is 2. The van der Waals surface area contributed by atoms with E-state index in [4.69, 9.17) is 9.47 Å². The zero-order valence-electron chi connectivity index (χ0n) is 19.4. The molecule has 0 aliphatic carbocycles. The summed E-state index contributed by atoms with van der Waals surface area (Å²) in [7, 11) is 3.31. The van der Waals surface area contributed by atoms with E-state index in [2.05, 4.69) is 27.3 Å². The summed E-state index contributed by atoms with van der Waals surface area (Å²) in [6.45, 7) is 1.64. The van der Waals surface area contributed by atoms with Gasteiger partial charge in [-0.2, -0.15) is 0 Å². The molecule has 0 saturated carbocycles. The van der Waals surface area contributed by atoms with Crippen molar-refractivity contribution in [3.05, 3.63) is 83.7 Å². The van der Waals surface area contributed by atoms with Crippen molar-refractivity contribution in [2.75, 3.05) is 32.2 Å². The zero-order valence-corrected chi connectivity index (χ0v) is 19.4. The summed E-state index contributed by atoms with van der Waals surface area (Å²) in [6.07, 6.45) is 1.74. The second-order valence-electron chi connectivity index (χ2n) is 8.09. The lowest BCUT2D eigenvalue weighted by Gasteiger charge is -2.28. The van der Waals surface area contributed by atoms with Crippen LogP contribution in [0.3, 0.4) is 0 Å². The van der Waals surface area contributed by atoms with Gasteiger partial charge in [0.05, 0.1) is 39.5 Å². The summed E-state index contributed by atoms with van der Waals surface area (Å²) in [4.78, 5) is 32.2. The fraction of sp³-hybridized carbons (Fsp3) is 0.269. The molecule has 34 heavy (non-hydrogen) atoms. The van der Waals surface area contributed by atoms with Gasteiger partial charge in [0.1, 0.15) is 11.5 Å². The summed E-state index contributed by atoms with van der Waals surface area (Å²) in [5.41, 5.74) is 3.89. The van der Waals surface area contributed by atoms with Crippen LogP contribution < -0.4 is 19.7 Å². The SMILES string of the molecule is COc1cccc(CN(Cc2cccc(OC)c2)c2ccnc(CN3CC(=O)NCC3=O)c2)c1. The van der Waals surface area contributed by atoms with Crippen LogP contribution >= 0.6 is 0 Å². The Hall–Kier alpha value is -4.07. The van der Waals surface area contributed by atoms with Gasteiger partial charge in [0.2, 0.25) is 11.8 Å². The number of pyridine rings is 1. The highest BCUT2D eigenvalue weighted by atomic mass is 16.5. The van der Waals surface area contributed by atoms with Gasteiger partial charge in [0.15, 0.2) is 0 Å². The number of nitrogens with one attached hydrogen (secondary N) is 1. The van der Waals surface area contributed by atoms with Gasteiger partial charge in [0.25, 0.3) is 0 Å². The standard InChI is InChI=1S/C26H28N4O4/c1-33-23-7-3-5-19(11-23)15-29(16-20-6-4-8-24(12-20)34-2)22-9-10-27-21(13-22)17-30-18-25(31)28-14-26(30)32/h3-13H,14-18H2,1-2H3,(H,28,31). The number of aromatic nitrogens is 1. The average Bonchev–Trinajstić information content (AvgIpc) is 2.86. The minimum atomic E-state index is -0.159. The Kier molecular flexibility index (Phi) is 7.27. The Morgan fingerprint density at radius 3 is 2.21 bits per heavy atom. The second kappa shape index (κ2) is 10.7. The predicted octanol–water partition coefficient (Wildman–Crippen LogP) is 2.76. The monoisotopic (exact) mass is 460 g/mol. The van der Waals surface area contributed by atoms with E-state index in [9.17, 15) is 9.59 Å². The number of hydrogen-bond donors (Lipinski definition) is 1. The lowest BCUT2D eigenvalue weighted by atomic mass is 10.1. The van der Waals surface area contributed by atoms with Crippen LogP contribution in [0, 0.1) is 0 Å². The molecule has 2 aromatic carbocycles. The Morgan fingerprint density at radius 1 is 0.941 bits per heavy atom. The first-order chi connectivity index (χ1) is 16.5. The molecule has 176 valence electrons. The molecule has 1 aliphatic rings. The van der Waals surface area contributed by atoms with E-state index in [0.29, 0.717) is 13.1 Å². The van der Waals surface area contributed by atoms with Gasteiger partial charge in [-0.05, 0) is 47.5 Å². The molecule has 2 heterocycles. The predicted molar refractivity (Wildman–Crippen MR) is 129 cm³/mol. The number of nitrogens with zero attached hydrogens (tertiary/aromatic N) is 3. The van der Waals surface area contributed by atoms with Gasteiger partial charge in [-0.15, -0.1) is 0 Å². The molecule has 0 atom stereocenters. The van der Waals surface area contributed by atoms with Crippen LogP contribution in [0.1, 0.15) is 16.8 Å². The number of methoxy groups -OCH3 is 2. The molecule has 0 spiro atoms. The molecule has 1 N–H and O–H groups in total. The number of carbonyl (C=O) groups is 2. The first kappa shape index (κ1) is 23.1. The van der Waals surface area contributed by atoms with E-state index in [1.54, 1.807) is 20.4 Å². The molecule has 4 rings (SSSR count). The van der Waals surface area contributed by atoms with Crippen molar-refractivity contribution in [3.8, 4) is 11.5 Å². The van der Waals surface area contributed by atoms with Crippen molar-refractivity contribution in [1.82, 2.24) is 15.2 Å². The zero-order chi connectivity index (χ0) is 23.9. The van der Waals surface area contributed by atoms with Crippen molar-refractivity contribution in [2.45, 2.75) is 19.6 Å². The van der Waals surface area contributed by atoms with E-state index < -0.39 is 0 Å². The quantitative estimate of drug-likeness (QED) is 0.529. The Balaban J connectivity index is 1.61. The summed E-state index contributed by atoms with van der Waals surface area (Å²) in [5.74, 6) is 1.33. The first-order valence-corrected chi connectivity index (χ1v) is 11.0. The molecule has 1 aliphatic heterocycles. The molecule has 8 nitrogen and oxygen atoms in total. The first-order valence-electron chi connectivity index (χ1n) is 11.0. The van der Waals surface area contributed by atoms with Crippen molar-refractivity contribution >= 4 is 17.5 Å². The molecule has 0 bridgehead atoms. The summed E-state index contributed by atoms with van der Waals surface area (Å²) in [5, 5.41) is 2.57. The molecule has 1 aromatic heterocycles. The number of ether oxygens (including phenoxy) is 2. The number of amides is 2. The molecule has 2 amide bonds. The molecule has 3 aromatic rings. The van der Waals surface area contributed by atoms with Gasteiger partial charge in [-0.25, -0.2) is 0 Å². The van der Waals surface area contributed by atoms with Crippen molar-refractivity contribution < 1.29 is 19.1 Å². The van der Waals surface area contributed by atoms with Gasteiger partial charge in [-0.1, -0.05) is 24.3 Å².